The van der Waals surface area contributed by atoms with Gasteiger partial charge >= 0.3 is 17.9 Å². The second-order valence-corrected chi connectivity index (χ2v) is 24.5. The Labute approximate surface area is 505 Å². The molecular formula is C75H138O6. The average Bonchev–Trinajstić information content (AvgIpc) is 3.47. The first-order valence-electron chi connectivity index (χ1n) is 36.1. The van der Waals surface area contributed by atoms with Gasteiger partial charge in [0.25, 0.3) is 0 Å². The summed E-state index contributed by atoms with van der Waals surface area (Å²) in [7, 11) is 0. The Morgan fingerprint density at radius 2 is 0.457 bits per heavy atom. The van der Waals surface area contributed by atoms with E-state index in [0.29, 0.717) is 19.3 Å². The van der Waals surface area contributed by atoms with E-state index in [4.69, 9.17) is 14.2 Å². The van der Waals surface area contributed by atoms with Crippen LogP contribution in [-0.4, -0.2) is 37.2 Å². The van der Waals surface area contributed by atoms with Crippen LogP contribution in [0.15, 0.2) is 48.6 Å². The molecule has 0 saturated heterocycles. The molecule has 474 valence electrons. The van der Waals surface area contributed by atoms with E-state index < -0.39 is 6.10 Å². The van der Waals surface area contributed by atoms with Gasteiger partial charge in [0, 0.05) is 19.3 Å². The third kappa shape index (κ3) is 68.0. The molecule has 0 aromatic rings. The highest BCUT2D eigenvalue weighted by Gasteiger charge is 2.19. The van der Waals surface area contributed by atoms with E-state index in [1.165, 1.54) is 270 Å². The highest BCUT2D eigenvalue weighted by atomic mass is 16.6. The number of allylic oxidation sites excluding steroid dienone is 8. The van der Waals surface area contributed by atoms with E-state index in [-0.39, 0.29) is 31.1 Å². The number of unbranched alkanes of at least 4 members (excludes halogenated alkanes) is 48. The van der Waals surface area contributed by atoms with Crippen LogP contribution in [-0.2, 0) is 28.6 Å². The van der Waals surface area contributed by atoms with Crippen molar-refractivity contribution in [1.29, 1.82) is 0 Å². The first-order chi connectivity index (χ1) is 40.0. The molecule has 0 fully saturated rings. The minimum Gasteiger partial charge on any atom is -0.462 e. The first kappa shape index (κ1) is 78.4. The van der Waals surface area contributed by atoms with Gasteiger partial charge in [0.05, 0.1) is 0 Å². The smallest absolute Gasteiger partial charge is 0.306 e. The molecule has 0 bridgehead atoms. The largest absolute Gasteiger partial charge is 0.462 e. The Balaban J connectivity index is 4.23. The lowest BCUT2D eigenvalue weighted by Crippen LogP contribution is -2.30. The molecule has 6 heteroatoms. The zero-order valence-corrected chi connectivity index (χ0v) is 54.6. The molecule has 0 heterocycles. The van der Waals surface area contributed by atoms with Crippen LogP contribution < -0.4 is 0 Å². The molecule has 0 aliphatic carbocycles. The molecule has 0 saturated carbocycles. The Kier molecular flexibility index (Phi) is 67.6. The highest BCUT2D eigenvalue weighted by molar-refractivity contribution is 5.71. The molecule has 0 spiro atoms. The number of esters is 3. The lowest BCUT2D eigenvalue weighted by atomic mass is 10.0. The molecule has 0 aromatic carbocycles. The van der Waals surface area contributed by atoms with Gasteiger partial charge < -0.3 is 14.2 Å². The van der Waals surface area contributed by atoms with Crippen molar-refractivity contribution in [3.8, 4) is 0 Å². The number of carbonyl (C=O) groups excluding carboxylic acids is 3. The number of carbonyl (C=O) groups is 3. The fourth-order valence-corrected chi connectivity index (χ4v) is 10.8. The topological polar surface area (TPSA) is 78.9 Å². The number of hydrogen-bond acceptors (Lipinski definition) is 6. The van der Waals surface area contributed by atoms with Crippen LogP contribution in [0.2, 0.25) is 0 Å². The third-order valence-electron chi connectivity index (χ3n) is 16.3. The van der Waals surface area contributed by atoms with Crippen LogP contribution >= 0.6 is 0 Å². The zero-order valence-electron chi connectivity index (χ0n) is 54.6. The van der Waals surface area contributed by atoms with Gasteiger partial charge in [0.1, 0.15) is 13.2 Å². The van der Waals surface area contributed by atoms with E-state index in [2.05, 4.69) is 69.4 Å². The number of ether oxygens (including phenoxy) is 3. The molecular weight excluding hydrogens is 997 g/mol. The second kappa shape index (κ2) is 69.9. The summed E-state index contributed by atoms with van der Waals surface area (Å²) in [5.74, 6) is -0.869. The Morgan fingerprint density at radius 1 is 0.247 bits per heavy atom. The lowest BCUT2D eigenvalue weighted by Gasteiger charge is -2.18. The normalized spacial score (nSPS) is 12.3. The molecule has 0 aliphatic rings. The second-order valence-electron chi connectivity index (χ2n) is 24.5. The molecule has 0 N–H and O–H groups in total. The van der Waals surface area contributed by atoms with E-state index in [9.17, 15) is 14.4 Å². The fraction of sp³-hybridized carbons (Fsp3) is 0.853. The van der Waals surface area contributed by atoms with Crippen molar-refractivity contribution in [3.05, 3.63) is 48.6 Å². The van der Waals surface area contributed by atoms with Gasteiger partial charge in [-0.1, -0.05) is 345 Å². The van der Waals surface area contributed by atoms with E-state index in [0.717, 1.165) is 83.5 Å². The van der Waals surface area contributed by atoms with E-state index in [1.807, 2.05) is 0 Å². The van der Waals surface area contributed by atoms with Gasteiger partial charge in [0.2, 0.25) is 0 Å². The van der Waals surface area contributed by atoms with Crippen LogP contribution in [0.3, 0.4) is 0 Å². The molecule has 0 amide bonds. The van der Waals surface area contributed by atoms with Gasteiger partial charge in [-0.3, -0.25) is 14.4 Å². The maximum atomic E-state index is 13.0. The van der Waals surface area contributed by atoms with Crippen LogP contribution in [0.5, 0.6) is 0 Å². The quantitative estimate of drug-likeness (QED) is 0.0261. The predicted octanol–water partition coefficient (Wildman–Crippen LogP) is 24.9. The zero-order chi connectivity index (χ0) is 58.5. The van der Waals surface area contributed by atoms with Gasteiger partial charge in [-0.05, 0) is 77.0 Å². The van der Waals surface area contributed by atoms with E-state index in [1.54, 1.807) is 0 Å². The van der Waals surface area contributed by atoms with Gasteiger partial charge in [-0.15, -0.1) is 0 Å². The number of hydrogen-bond donors (Lipinski definition) is 0. The summed E-state index contributed by atoms with van der Waals surface area (Å²) in [5, 5.41) is 0. The summed E-state index contributed by atoms with van der Waals surface area (Å²) >= 11 is 0. The molecule has 1 unspecified atom stereocenters. The van der Waals surface area contributed by atoms with E-state index >= 15 is 0 Å². The first-order valence-corrected chi connectivity index (χ1v) is 36.1. The molecule has 1 atom stereocenters. The molecule has 0 rings (SSSR count). The van der Waals surface area contributed by atoms with Crippen molar-refractivity contribution in [1.82, 2.24) is 0 Å². The van der Waals surface area contributed by atoms with Gasteiger partial charge in [-0.25, -0.2) is 0 Å². The maximum Gasteiger partial charge on any atom is 0.306 e. The summed E-state index contributed by atoms with van der Waals surface area (Å²) in [6.07, 6.45) is 88.6. The Morgan fingerprint density at radius 3 is 0.716 bits per heavy atom. The average molecular weight is 1140 g/mol. The van der Waals surface area contributed by atoms with Crippen molar-refractivity contribution >= 4 is 17.9 Å². The van der Waals surface area contributed by atoms with Crippen LogP contribution in [0, 0.1) is 0 Å². The van der Waals surface area contributed by atoms with Crippen molar-refractivity contribution in [2.24, 2.45) is 0 Å². The van der Waals surface area contributed by atoms with Crippen molar-refractivity contribution < 1.29 is 28.6 Å². The van der Waals surface area contributed by atoms with Crippen LogP contribution in [0.4, 0.5) is 0 Å². The summed E-state index contributed by atoms with van der Waals surface area (Å²) in [4.78, 5) is 38.4. The van der Waals surface area contributed by atoms with Crippen molar-refractivity contribution in [3.63, 3.8) is 0 Å². The minimum atomic E-state index is -0.781. The Bertz CT molecular complexity index is 1400. The summed E-state index contributed by atoms with van der Waals surface area (Å²) < 4.78 is 17.0. The number of rotatable bonds is 67. The molecule has 6 nitrogen and oxygen atoms in total. The molecule has 0 radical (unpaired) electrons. The maximum absolute atomic E-state index is 13.0. The van der Waals surface area contributed by atoms with Crippen LogP contribution in [0.25, 0.3) is 0 Å². The van der Waals surface area contributed by atoms with Gasteiger partial charge in [0.15, 0.2) is 6.10 Å². The predicted molar refractivity (Wildman–Crippen MR) is 353 cm³/mol. The monoisotopic (exact) mass is 1140 g/mol. The fourth-order valence-electron chi connectivity index (χ4n) is 10.8. The highest BCUT2D eigenvalue weighted by Crippen LogP contribution is 2.19. The summed E-state index contributed by atoms with van der Waals surface area (Å²) in [5.41, 5.74) is 0. The molecule has 0 aliphatic heterocycles. The van der Waals surface area contributed by atoms with Crippen molar-refractivity contribution in [2.75, 3.05) is 13.2 Å². The standard InChI is InChI=1S/C75H138O6/c1-4-7-10-13-16-19-22-25-28-30-32-34-35-36-37-38-39-40-42-43-45-47-50-53-56-59-62-65-68-74(77)80-71-72(70-79-73(76)67-64-61-58-55-52-49-27-24-21-18-15-12-9-6-3)81-75(78)69-66-63-60-57-54-51-48-46-44-41-33-31-29-26-23-20-17-14-11-8-5-2/h15,18,23-24,26-27,31,33,72H,4-14,16-17,19-22,25,28-30,32,34-71H2,1-3H3/b18-15-,26-23-,27-24-,33-31-. The molecule has 0 aromatic heterocycles. The summed E-state index contributed by atoms with van der Waals surface area (Å²) in [6.45, 7) is 6.64. The van der Waals surface area contributed by atoms with Crippen LogP contribution in [0.1, 0.15) is 393 Å². The Hall–Kier alpha value is -2.63. The third-order valence-corrected chi connectivity index (χ3v) is 16.3. The minimum absolute atomic E-state index is 0.0755. The van der Waals surface area contributed by atoms with Crippen molar-refractivity contribution in [2.45, 2.75) is 399 Å². The SMILES string of the molecule is CCCC/C=C\C/C=C\CCCCCCCC(=O)OCC(COC(=O)CCCCCCCCCCCCCCCCCCCCCCCCCCCCCC)OC(=O)CCCCCCCCCCC/C=C\C/C=C\CCCCCCC. The molecule has 81 heavy (non-hydrogen) atoms. The van der Waals surface area contributed by atoms with Gasteiger partial charge in [-0.2, -0.15) is 0 Å². The summed E-state index contributed by atoms with van der Waals surface area (Å²) in [6, 6.07) is 0. The lowest BCUT2D eigenvalue weighted by molar-refractivity contribution is -0.167.